The zero-order valence-electron chi connectivity index (χ0n) is 14.4. The standard InChI is InChI=1S/C20H18O4S2/c1-23-19(21)13-7-15-3-9-17(10-4-15)25-26-18-11-5-16(6-12-18)8-14-20(22)24-2/h3-14H,1-2H3. The SMILES string of the molecule is COC(=O)C=Cc1ccc(SSc2ccc(C=CC(=O)OC)cc2)cc1. The highest BCUT2D eigenvalue weighted by Crippen LogP contribution is 2.37. The molecule has 0 aliphatic heterocycles. The average molecular weight is 386 g/mol. The minimum Gasteiger partial charge on any atom is -0.466 e. The number of rotatable bonds is 7. The molecular weight excluding hydrogens is 368 g/mol. The summed E-state index contributed by atoms with van der Waals surface area (Å²) in [5.74, 6) is -0.743. The quantitative estimate of drug-likeness (QED) is 0.385. The average Bonchev–Trinajstić information content (AvgIpc) is 2.70. The van der Waals surface area contributed by atoms with Crippen molar-refractivity contribution in [3.05, 3.63) is 71.8 Å². The fraction of sp³-hybridized carbons (Fsp3) is 0.100. The minimum absolute atomic E-state index is 0.371. The number of carbonyl (C=O) groups is 2. The van der Waals surface area contributed by atoms with Crippen LogP contribution in [0.3, 0.4) is 0 Å². The monoisotopic (exact) mass is 386 g/mol. The largest absolute Gasteiger partial charge is 0.466 e. The molecule has 0 saturated carbocycles. The van der Waals surface area contributed by atoms with E-state index in [9.17, 15) is 9.59 Å². The molecule has 134 valence electrons. The fourth-order valence-electron chi connectivity index (χ4n) is 1.83. The molecule has 0 saturated heterocycles. The number of benzene rings is 2. The summed E-state index contributed by atoms with van der Waals surface area (Å²) in [5.41, 5.74) is 1.87. The van der Waals surface area contributed by atoms with E-state index in [0.717, 1.165) is 20.9 Å². The van der Waals surface area contributed by atoms with Gasteiger partial charge in [-0.05, 0) is 47.5 Å². The third-order valence-corrected chi connectivity index (χ3v) is 5.64. The van der Waals surface area contributed by atoms with E-state index in [1.165, 1.54) is 26.4 Å². The molecule has 2 aromatic rings. The molecule has 0 atom stereocenters. The fourth-order valence-corrected chi connectivity index (χ4v) is 3.76. The Labute approximate surface area is 160 Å². The molecule has 0 heterocycles. The molecule has 0 amide bonds. The Balaban J connectivity index is 1.88. The van der Waals surface area contributed by atoms with E-state index in [1.54, 1.807) is 33.7 Å². The lowest BCUT2D eigenvalue weighted by Crippen LogP contribution is -1.93. The number of esters is 2. The Kier molecular flexibility index (Phi) is 8.05. The second-order valence-corrected chi connectivity index (χ2v) is 7.29. The lowest BCUT2D eigenvalue weighted by atomic mass is 10.2. The van der Waals surface area contributed by atoms with Crippen molar-refractivity contribution in [2.75, 3.05) is 14.2 Å². The Morgan fingerprint density at radius 2 is 1.04 bits per heavy atom. The highest BCUT2D eigenvalue weighted by Gasteiger charge is 1.99. The molecule has 2 rings (SSSR count). The van der Waals surface area contributed by atoms with Crippen LogP contribution in [0.15, 0.2) is 70.5 Å². The minimum atomic E-state index is -0.371. The molecule has 0 N–H and O–H groups in total. The van der Waals surface area contributed by atoms with Crippen molar-refractivity contribution in [3.63, 3.8) is 0 Å². The summed E-state index contributed by atoms with van der Waals surface area (Å²) in [6.45, 7) is 0. The van der Waals surface area contributed by atoms with E-state index in [4.69, 9.17) is 0 Å². The van der Waals surface area contributed by atoms with Crippen LogP contribution < -0.4 is 0 Å². The molecule has 0 unspecified atom stereocenters. The zero-order valence-corrected chi connectivity index (χ0v) is 16.0. The lowest BCUT2D eigenvalue weighted by molar-refractivity contribution is -0.135. The van der Waals surface area contributed by atoms with Gasteiger partial charge in [-0.15, -0.1) is 0 Å². The highest BCUT2D eigenvalue weighted by molar-refractivity contribution is 8.76. The molecule has 0 aromatic heterocycles. The third-order valence-electron chi connectivity index (χ3n) is 3.22. The van der Waals surface area contributed by atoms with Crippen LogP contribution in [0.5, 0.6) is 0 Å². The first kappa shape index (κ1) is 19.9. The van der Waals surface area contributed by atoms with Crippen molar-refractivity contribution in [2.24, 2.45) is 0 Å². The van der Waals surface area contributed by atoms with Gasteiger partial charge in [0.1, 0.15) is 0 Å². The van der Waals surface area contributed by atoms with Crippen molar-refractivity contribution in [3.8, 4) is 0 Å². The van der Waals surface area contributed by atoms with Crippen molar-refractivity contribution in [1.82, 2.24) is 0 Å². The maximum atomic E-state index is 11.1. The number of hydrogen-bond acceptors (Lipinski definition) is 6. The summed E-state index contributed by atoms with van der Waals surface area (Å²) < 4.78 is 9.13. The molecular formula is C20H18O4S2. The van der Waals surface area contributed by atoms with Crippen LogP contribution in [-0.4, -0.2) is 26.2 Å². The van der Waals surface area contributed by atoms with Crippen LogP contribution >= 0.6 is 21.6 Å². The van der Waals surface area contributed by atoms with Gasteiger partial charge in [-0.25, -0.2) is 9.59 Å². The molecule has 0 bridgehead atoms. The Bertz CT molecular complexity index is 724. The predicted molar refractivity (Wildman–Crippen MR) is 107 cm³/mol. The molecule has 6 heteroatoms. The van der Waals surface area contributed by atoms with E-state index < -0.39 is 0 Å². The summed E-state index contributed by atoms with van der Waals surface area (Å²) in [4.78, 5) is 24.4. The third kappa shape index (κ3) is 6.82. The molecule has 0 fully saturated rings. The number of carbonyl (C=O) groups excluding carboxylic acids is 2. The molecule has 0 aliphatic rings. The van der Waals surface area contributed by atoms with E-state index in [-0.39, 0.29) is 11.9 Å². The second-order valence-electron chi connectivity index (χ2n) is 5.02. The van der Waals surface area contributed by atoms with E-state index >= 15 is 0 Å². The summed E-state index contributed by atoms with van der Waals surface area (Å²) >= 11 is 0. The maximum Gasteiger partial charge on any atom is 0.330 e. The van der Waals surface area contributed by atoms with Crippen LogP contribution in [0.25, 0.3) is 12.2 Å². The molecule has 0 spiro atoms. The van der Waals surface area contributed by atoms with Crippen LogP contribution in [0.1, 0.15) is 11.1 Å². The van der Waals surface area contributed by atoms with Gasteiger partial charge in [0.05, 0.1) is 14.2 Å². The second kappa shape index (κ2) is 10.5. The highest BCUT2D eigenvalue weighted by atomic mass is 33.1. The first-order valence-electron chi connectivity index (χ1n) is 7.67. The van der Waals surface area contributed by atoms with Crippen LogP contribution in [0, 0.1) is 0 Å². The molecule has 26 heavy (non-hydrogen) atoms. The van der Waals surface area contributed by atoms with Gasteiger partial charge in [0.2, 0.25) is 0 Å². The predicted octanol–water partition coefficient (Wildman–Crippen LogP) is 4.86. The van der Waals surface area contributed by atoms with Crippen LogP contribution in [-0.2, 0) is 19.1 Å². The van der Waals surface area contributed by atoms with Gasteiger partial charge < -0.3 is 9.47 Å². The van der Waals surface area contributed by atoms with Crippen molar-refractivity contribution < 1.29 is 19.1 Å². The zero-order chi connectivity index (χ0) is 18.8. The number of methoxy groups -OCH3 is 2. The van der Waals surface area contributed by atoms with Gasteiger partial charge in [0, 0.05) is 21.9 Å². The number of ether oxygens (including phenoxy) is 2. The number of hydrogen-bond donors (Lipinski definition) is 0. The normalized spacial score (nSPS) is 11.0. The Morgan fingerprint density at radius 3 is 1.35 bits per heavy atom. The maximum absolute atomic E-state index is 11.1. The van der Waals surface area contributed by atoms with Gasteiger partial charge in [-0.2, -0.15) is 0 Å². The van der Waals surface area contributed by atoms with E-state index in [2.05, 4.69) is 9.47 Å². The molecule has 0 radical (unpaired) electrons. The summed E-state index contributed by atoms with van der Waals surface area (Å²) in [6, 6.07) is 15.8. The van der Waals surface area contributed by atoms with Crippen LogP contribution in [0.2, 0.25) is 0 Å². The topological polar surface area (TPSA) is 52.6 Å². The molecule has 0 aliphatic carbocycles. The lowest BCUT2D eigenvalue weighted by Gasteiger charge is -2.03. The van der Waals surface area contributed by atoms with Crippen molar-refractivity contribution in [2.45, 2.75) is 9.79 Å². The van der Waals surface area contributed by atoms with E-state index in [1.807, 2.05) is 48.5 Å². The van der Waals surface area contributed by atoms with Crippen molar-refractivity contribution in [1.29, 1.82) is 0 Å². The van der Waals surface area contributed by atoms with Gasteiger partial charge in [0.15, 0.2) is 0 Å². The smallest absolute Gasteiger partial charge is 0.330 e. The molecule has 2 aromatic carbocycles. The summed E-state index contributed by atoms with van der Waals surface area (Å²) in [5, 5.41) is 0. The Morgan fingerprint density at radius 1 is 0.692 bits per heavy atom. The van der Waals surface area contributed by atoms with Gasteiger partial charge in [-0.3, -0.25) is 0 Å². The molecule has 4 nitrogen and oxygen atoms in total. The van der Waals surface area contributed by atoms with Gasteiger partial charge in [-0.1, -0.05) is 45.9 Å². The van der Waals surface area contributed by atoms with Crippen molar-refractivity contribution >= 4 is 45.7 Å². The summed E-state index contributed by atoms with van der Waals surface area (Å²) in [7, 11) is 6.00. The summed E-state index contributed by atoms with van der Waals surface area (Å²) in [6.07, 6.45) is 6.22. The van der Waals surface area contributed by atoms with E-state index in [0.29, 0.717) is 0 Å². The van der Waals surface area contributed by atoms with Gasteiger partial charge in [0.25, 0.3) is 0 Å². The Hall–Kier alpha value is -2.44. The van der Waals surface area contributed by atoms with Crippen LogP contribution in [0.4, 0.5) is 0 Å². The van der Waals surface area contributed by atoms with Gasteiger partial charge >= 0.3 is 11.9 Å². The first-order valence-corrected chi connectivity index (χ1v) is 9.82. The first-order chi connectivity index (χ1) is 12.6.